The fourth-order valence-corrected chi connectivity index (χ4v) is 2.79. The van der Waals surface area contributed by atoms with E-state index in [0.717, 1.165) is 5.56 Å². The molecule has 1 heterocycles. The number of benzene rings is 1. The molecule has 0 aliphatic carbocycles. The number of rotatable bonds is 6. The molecular formula is C15H18FN3OS. The summed E-state index contributed by atoms with van der Waals surface area (Å²) in [6.07, 6.45) is 4.02. The lowest BCUT2D eigenvalue weighted by molar-refractivity contribution is -0.129. The molecule has 0 saturated heterocycles. The lowest BCUT2D eigenvalue weighted by atomic mass is 10.3. The van der Waals surface area contributed by atoms with Gasteiger partial charge in [-0.15, -0.1) is 11.8 Å². The zero-order chi connectivity index (χ0) is 15.2. The van der Waals surface area contributed by atoms with Crippen molar-refractivity contribution in [3.8, 4) is 0 Å². The number of aromatic nitrogens is 2. The summed E-state index contributed by atoms with van der Waals surface area (Å²) in [4.78, 5) is 14.3. The first-order chi connectivity index (χ1) is 10.1. The SMILES string of the molecule is CN(Cc1cnn(C)c1)C(=O)CCSc1ccccc1F. The van der Waals surface area contributed by atoms with E-state index in [0.29, 0.717) is 23.6 Å². The van der Waals surface area contributed by atoms with E-state index in [9.17, 15) is 9.18 Å². The summed E-state index contributed by atoms with van der Waals surface area (Å²) in [5.41, 5.74) is 0.995. The fraction of sp³-hybridized carbons (Fsp3) is 0.333. The van der Waals surface area contributed by atoms with E-state index in [1.807, 2.05) is 13.2 Å². The zero-order valence-electron chi connectivity index (χ0n) is 12.1. The molecule has 0 N–H and O–H groups in total. The highest BCUT2D eigenvalue weighted by atomic mass is 32.2. The average Bonchev–Trinajstić information content (AvgIpc) is 2.86. The van der Waals surface area contributed by atoms with Crippen LogP contribution in [0.4, 0.5) is 4.39 Å². The molecule has 112 valence electrons. The van der Waals surface area contributed by atoms with Crippen LogP contribution in [-0.2, 0) is 18.4 Å². The van der Waals surface area contributed by atoms with E-state index in [4.69, 9.17) is 0 Å². The van der Waals surface area contributed by atoms with Crippen LogP contribution in [0.5, 0.6) is 0 Å². The van der Waals surface area contributed by atoms with Gasteiger partial charge in [-0.2, -0.15) is 5.10 Å². The van der Waals surface area contributed by atoms with Gasteiger partial charge in [0.05, 0.1) is 6.20 Å². The summed E-state index contributed by atoms with van der Waals surface area (Å²) in [6.45, 7) is 0.539. The zero-order valence-corrected chi connectivity index (χ0v) is 12.9. The summed E-state index contributed by atoms with van der Waals surface area (Å²) in [6, 6.07) is 6.61. The van der Waals surface area contributed by atoms with Crippen LogP contribution in [0.25, 0.3) is 0 Å². The van der Waals surface area contributed by atoms with Gasteiger partial charge in [-0.3, -0.25) is 9.48 Å². The lowest BCUT2D eigenvalue weighted by Crippen LogP contribution is -2.26. The Balaban J connectivity index is 1.77. The number of halogens is 1. The van der Waals surface area contributed by atoms with Crippen molar-refractivity contribution >= 4 is 17.7 Å². The van der Waals surface area contributed by atoms with Crippen LogP contribution in [0.3, 0.4) is 0 Å². The second-order valence-corrected chi connectivity index (χ2v) is 5.94. The Morgan fingerprint density at radius 2 is 2.19 bits per heavy atom. The molecule has 0 radical (unpaired) electrons. The third-order valence-corrected chi connectivity index (χ3v) is 4.06. The van der Waals surface area contributed by atoms with Gasteiger partial charge >= 0.3 is 0 Å². The molecule has 21 heavy (non-hydrogen) atoms. The largest absolute Gasteiger partial charge is 0.341 e. The minimum absolute atomic E-state index is 0.0442. The van der Waals surface area contributed by atoms with E-state index in [2.05, 4.69) is 5.10 Å². The van der Waals surface area contributed by atoms with Crippen molar-refractivity contribution in [3.63, 3.8) is 0 Å². The van der Waals surface area contributed by atoms with E-state index in [1.54, 1.807) is 41.0 Å². The second kappa shape index (κ2) is 7.26. The van der Waals surface area contributed by atoms with Gasteiger partial charge < -0.3 is 4.90 Å². The average molecular weight is 307 g/mol. The van der Waals surface area contributed by atoms with Gasteiger partial charge in [-0.05, 0) is 12.1 Å². The van der Waals surface area contributed by atoms with Crippen LogP contribution < -0.4 is 0 Å². The quantitative estimate of drug-likeness (QED) is 0.770. The summed E-state index contributed by atoms with van der Waals surface area (Å²) in [5.74, 6) is 0.373. The molecule has 2 aromatic rings. The number of thioether (sulfide) groups is 1. The van der Waals surface area contributed by atoms with Crippen molar-refractivity contribution in [1.82, 2.24) is 14.7 Å². The molecule has 4 nitrogen and oxygen atoms in total. The molecule has 0 unspecified atom stereocenters. The molecule has 2 rings (SSSR count). The third-order valence-electron chi connectivity index (χ3n) is 3.01. The van der Waals surface area contributed by atoms with Crippen LogP contribution in [-0.4, -0.2) is 33.4 Å². The Kier molecular flexibility index (Phi) is 5.38. The molecule has 0 aliphatic rings. The van der Waals surface area contributed by atoms with Gasteiger partial charge in [0.15, 0.2) is 0 Å². The minimum Gasteiger partial charge on any atom is -0.341 e. The number of aryl methyl sites for hydroxylation is 1. The van der Waals surface area contributed by atoms with E-state index in [-0.39, 0.29) is 11.7 Å². The van der Waals surface area contributed by atoms with Crippen molar-refractivity contribution in [3.05, 3.63) is 48.0 Å². The number of carbonyl (C=O) groups is 1. The summed E-state index contributed by atoms with van der Waals surface area (Å²) < 4.78 is 15.1. The number of carbonyl (C=O) groups excluding carboxylic acids is 1. The van der Waals surface area contributed by atoms with Gasteiger partial charge in [-0.25, -0.2) is 4.39 Å². The Labute approximate surface area is 127 Å². The molecule has 1 aromatic heterocycles. The molecule has 6 heteroatoms. The Morgan fingerprint density at radius 1 is 1.43 bits per heavy atom. The van der Waals surface area contributed by atoms with Crippen molar-refractivity contribution in [1.29, 1.82) is 0 Å². The predicted octanol–water partition coefficient (Wildman–Crippen LogP) is 2.70. The topological polar surface area (TPSA) is 38.1 Å². The molecule has 0 aliphatic heterocycles. The lowest BCUT2D eigenvalue weighted by Gasteiger charge is -2.16. The van der Waals surface area contributed by atoms with Crippen molar-refractivity contribution in [2.24, 2.45) is 7.05 Å². The van der Waals surface area contributed by atoms with Crippen molar-refractivity contribution < 1.29 is 9.18 Å². The van der Waals surface area contributed by atoms with Gasteiger partial charge in [0.1, 0.15) is 5.82 Å². The predicted molar refractivity (Wildman–Crippen MR) is 81.4 cm³/mol. The van der Waals surface area contributed by atoms with E-state index in [1.165, 1.54) is 17.8 Å². The molecule has 0 fully saturated rings. The van der Waals surface area contributed by atoms with Crippen LogP contribution in [0.15, 0.2) is 41.6 Å². The van der Waals surface area contributed by atoms with Crippen LogP contribution in [0.1, 0.15) is 12.0 Å². The van der Waals surface area contributed by atoms with Gasteiger partial charge in [0.25, 0.3) is 0 Å². The number of hydrogen-bond acceptors (Lipinski definition) is 3. The van der Waals surface area contributed by atoms with E-state index < -0.39 is 0 Å². The monoisotopic (exact) mass is 307 g/mol. The highest BCUT2D eigenvalue weighted by Crippen LogP contribution is 2.22. The maximum atomic E-state index is 13.4. The van der Waals surface area contributed by atoms with E-state index >= 15 is 0 Å². The molecule has 0 bridgehead atoms. The molecular weight excluding hydrogens is 289 g/mol. The first kappa shape index (κ1) is 15.6. The molecule has 0 saturated carbocycles. The Bertz CT molecular complexity index is 614. The highest BCUT2D eigenvalue weighted by molar-refractivity contribution is 7.99. The molecule has 0 atom stereocenters. The molecule has 1 aromatic carbocycles. The van der Waals surface area contributed by atoms with Crippen LogP contribution >= 0.6 is 11.8 Å². The van der Waals surface area contributed by atoms with Crippen LogP contribution in [0.2, 0.25) is 0 Å². The number of nitrogens with zero attached hydrogens (tertiary/aromatic N) is 3. The normalized spacial score (nSPS) is 10.6. The Morgan fingerprint density at radius 3 is 2.86 bits per heavy atom. The maximum Gasteiger partial charge on any atom is 0.223 e. The van der Waals surface area contributed by atoms with Crippen LogP contribution in [0, 0.1) is 5.82 Å². The van der Waals surface area contributed by atoms with Gasteiger partial charge in [0.2, 0.25) is 5.91 Å². The first-order valence-corrected chi connectivity index (χ1v) is 7.63. The molecule has 0 spiro atoms. The standard InChI is InChI=1S/C15H18FN3OS/c1-18(10-12-9-17-19(2)11-12)15(20)7-8-21-14-6-4-3-5-13(14)16/h3-6,9,11H,7-8,10H2,1-2H3. The molecule has 1 amide bonds. The Hall–Kier alpha value is -1.82. The first-order valence-electron chi connectivity index (χ1n) is 6.65. The summed E-state index contributed by atoms with van der Waals surface area (Å²) in [5, 5.41) is 4.07. The van der Waals surface area contributed by atoms with Crippen molar-refractivity contribution in [2.45, 2.75) is 17.9 Å². The third kappa shape index (κ3) is 4.60. The van der Waals surface area contributed by atoms with Gasteiger partial charge in [0, 0.05) is 49.5 Å². The second-order valence-electron chi connectivity index (χ2n) is 4.80. The smallest absolute Gasteiger partial charge is 0.223 e. The minimum atomic E-state index is -0.237. The number of amides is 1. The van der Waals surface area contributed by atoms with Gasteiger partial charge in [-0.1, -0.05) is 12.1 Å². The number of hydrogen-bond donors (Lipinski definition) is 0. The maximum absolute atomic E-state index is 13.4. The summed E-state index contributed by atoms with van der Waals surface area (Å²) in [7, 11) is 3.61. The van der Waals surface area contributed by atoms with Crippen molar-refractivity contribution in [2.75, 3.05) is 12.8 Å². The highest BCUT2D eigenvalue weighted by Gasteiger charge is 2.11. The summed E-state index contributed by atoms with van der Waals surface area (Å²) >= 11 is 1.36. The fourth-order valence-electron chi connectivity index (χ4n) is 1.92.